The van der Waals surface area contributed by atoms with Crippen LogP contribution in [0.3, 0.4) is 0 Å². The van der Waals surface area contributed by atoms with E-state index in [2.05, 4.69) is 0 Å². The van der Waals surface area contributed by atoms with Crippen LogP contribution in [0.15, 0.2) is 77.6 Å². The Kier molecular flexibility index (Phi) is 6.08. The number of carboxylic acid groups (broad SMARTS) is 1. The first-order valence-electron chi connectivity index (χ1n) is 9.92. The summed E-state index contributed by atoms with van der Waals surface area (Å²) in [5, 5.41) is 20.4. The van der Waals surface area contributed by atoms with Gasteiger partial charge in [0.1, 0.15) is 11.4 Å². The van der Waals surface area contributed by atoms with Gasteiger partial charge in [-0.05, 0) is 29.3 Å². The summed E-state index contributed by atoms with van der Waals surface area (Å²) in [7, 11) is 0. The molecule has 0 saturated carbocycles. The van der Waals surface area contributed by atoms with Gasteiger partial charge in [0.25, 0.3) is 0 Å². The summed E-state index contributed by atoms with van der Waals surface area (Å²) in [5.74, 6) is -2.10. The van der Waals surface area contributed by atoms with Crippen molar-refractivity contribution in [2.24, 2.45) is 0 Å². The van der Waals surface area contributed by atoms with Gasteiger partial charge < -0.3 is 14.8 Å². The molecule has 0 fully saturated rings. The monoisotopic (exact) mass is 451 g/mol. The van der Waals surface area contributed by atoms with Crippen LogP contribution in [-0.4, -0.2) is 27.4 Å². The number of hydrogen-bond acceptors (Lipinski definition) is 3. The normalized spacial score (nSPS) is 12.1. The van der Waals surface area contributed by atoms with E-state index in [-0.39, 0.29) is 34.7 Å². The minimum absolute atomic E-state index is 0.0882. The Morgan fingerprint density at radius 3 is 2.38 bits per heavy atom. The van der Waals surface area contributed by atoms with Gasteiger partial charge in [-0.3, -0.25) is 4.79 Å². The van der Waals surface area contributed by atoms with E-state index in [0.717, 1.165) is 0 Å². The SMILES string of the molecule is O=C(O)c1c(Cc2cccc(Cl)c2F)n(C(CO)c2ccccc2)c2ccccc2c1=O. The van der Waals surface area contributed by atoms with Crippen molar-refractivity contribution in [2.75, 3.05) is 6.61 Å². The number of carboxylic acids is 1. The topological polar surface area (TPSA) is 79.5 Å². The molecule has 0 aliphatic carbocycles. The standard InChI is InChI=1S/C25H19ClFNO4/c26-18-11-6-9-16(23(18)27)13-20-22(25(31)32)24(30)17-10-4-5-12-19(17)28(20)21(14-29)15-7-2-1-3-8-15/h1-12,21,29H,13-14H2,(H,31,32). The average Bonchev–Trinajstić information content (AvgIpc) is 2.80. The maximum absolute atomic E-state index is 14.8. The van der Waals surface area contributed by atoms with Crippen LogP contribution >= 0.6 is 11.6 Å². The first kappa shape index (κ1) is 21.7. The molecule has 1 atom stereocenters. The van der Waals surface area contributed by atoms with Gasteiger partial charge in [-0.15, -0.1) is 0 Å². The summed E-state index contributed by atoms with van der Waals surface area (Å²) >= 11 is 5.93. The van der Waals surface area contributed by atoms with Crippen molar-refractivity contribution in [1.29, 1.82) is 0 Å². The lowest BCUT2D eigenvalue weighted by Gasteiger charge is -2.27. The van der Waals surface area contributed by atoms with Crippen LogP contribution in [0.2, 0.25) is 5.02 Å². The number of carbonyl (C=O) groups is 1. The van der Waals surface area contributed by atoms with Gasteiger partial charge >= 0.3 is 5.97 Å². The van der Waals surface area contributed by atoms with E-state index in [9.17, 15) is 24.2 Å². The van der Waals surface area contributed by atoms with E-state index in [1.54, 1.807) is 59.2 Å². The molecule has 1 heterocycles. The quantitative estimate of drug-likeness (QED) is 0.446. The van der Waals surface area contributed by atoms with Crippen molar-refractivity contribution in [2.45, 2.75) is 12.5 Å². The highest BCUT2D eigenvalue weighted by molar-refractivity contribution is 6.30. The number of nitrogens with zero attached hydrogens (tertiary/aromatic N) is 1. The van der Waals surface area contributed by atoms with Gasteiger partial charge in [0.05, 0.1) is 23.2 Å². The minimum atomic E-state index is -1.42. The number of halogens is 2. The van der Waals surface area contributed by atoms with Crippen LogP contribution in [0, 0.1) is 5.82 Å². The van der Waals surface area contributed by atoms with E-state index >= 15 is 0 Å². The number of aliphatic hydroxyl groups is 1. The van der Waals surface area contributed by atoms with Gasteiger partial charge in [-0.25, -0.2) is 9.18 Å². The molecule has 0 aliphatic heterocycles. The predicted molar refractivity (Wildman–Crippen MR) is 121 cm³/mol. The van der Waals surface area contributed by atoms with Crippen LogP contribution in [0.5, 0.6) is 0 Å². The van der Waals surface area contributed by atoms with Crippen LogP contribution in [0.1, 0.15) is 33.2 Å². The van der Waals surface area contributed by atoms with Gasteiger partial charge in [-0.1, -0.05) is 66.2 Å². The smallest absolute Gasteiger partial charge is 0.341 e. The number of hydrogen-bond donors (Lipinski definition) is 2. The van der Waals surface area contributed by atoms with Gasteiger partial charge in [0.15, 0.2) is 0 Å². The molecule has 2 N–H and O–H groups in total. The number of fused-ring (bicyclic) bond motifs is 1. The highest BCUT2D eigenvalue weighted by Crippen LogP contribution is 2.29. The molecular weight excluding hydrogens is 433 g/mol. The molecule has 162 valence electrons. The first-order valence-corrected chi connectivity index (χ1v) is 10.3. The molecular formula is C25H19ClFNO4. The second-order valence-electron chi connectivity index (χ2n) is 7.34. The largest absolute Gasteiger partial charge is 0.477 e. The lowest BCUT2D eigenvalue weighted by Crippen LogP contribution is -2.28. The average molecular weight is 452 g/mol. The number of aliphatic hydroxyl groups excluding tert-OH is 1. The molecule has 1 unspecified atom stereocenters. The highest BCUT2D eigenvalue weighted by atomic mass is 35.5. The summed E-state index contributed by atoms with van der Waals surface area (Å²) in [4.78, 5) is 25.4. The Balaban J connectivity index is 2.11. The van der Waals surface area contributed by atoms with Crippen LogP contribution in [-0.2, 0) is 6.42 Å². The third-order valence-electron chi connectivity index (χ3n) is 5.49. The Bertz CT molecular complexity index is 1370. The van der Waals surface area contributed by atoms with Crippen molar-refractivity contribution in [3.63, 3.8) is 0 Å². The number of rotatable bonds is 6. The highest BCUT2D eigenvalue weighted by Gasteiger charge is 2.27. The Hall–Kier alpha value is -3.48. The maximum atomic E-state index is 14.8. The van der Waals surface area contributed by atoms with E-state index in [0.29, 0.717) is 11.1 Å². The van der Waals surface area contributed by atoms with E-state index in [4.69, 9.17) is 11.6 Å². The Labute approximate surface area is 187 Å². The van der Waals surface area contributed by atoms with Crippen LogP contribution in [0.25, 0.3) is 10.9 Å². The summed E-state index contributed by atoms with van der Waals surface area (Å²) < 4.78 is 16.4. The van der Waals surface area contributed by atoms with Crippen LogP contribution < -0.4 is 5.43 Å². The van der Waals surface area contributed by atoms with Gasteiger partial charge in [0.2, 0.25) is 5.43 Å². The summed E-state index contributed by atoms with van der Waals surface area (Å²) in [6.07, 6.45) is -0.197. The van der Waals surface area contributed by atoms with E-state index in [1.807, 2.05) is 6.07 Å². The number of para-hydroxylation sites is 1. The summed E-state index contributed by atoms with van der Waals surface area (Å²) in [6.45, 7) is -0.360. The van der Waals surface area contributed by atoms with Crippen LogP contribution in [0.4, 0.5) is 4.39 Å². The summed E-state index contributed by atoms with van der Waals surface area (Å²) in [5.41, 5.74) is 0.276. The second kappa shape index (κ2) is 8.94. The molecule has 4 rings (SSSR count). The molecule has 4 aromatic rings. The molecule has 0 bridgehead atoms. The van der Waals surface area contributed by atoms with Crippen molar-refractivity contribution in [1.82, 2.24) is 4.57 Å². The Morgan fingerprint density at radius 1 is 1.00 bits per heavy atom. The molecule has 0 amide bonds. The minimum Gasteiger partial charge on any atom is -0.477 e. The van der Waals surface area contributed by atoms with Crippen molar-refractivity contribution < 1.29 is 19.4 Å². The lowest BCUT2D eigenvalue weighted by atomic mass is 9.98. The summed E-state index contributed by atoms with van der Waals surface area (Å²) in [6, 6.07) is 19.4. The molecule has 0 saturated heterocycles. The molecule has 32 heavy (non-hydrogen) atoms. The zero-order valence-electron chi connectivity index (χ0n) is 16.8. The number of benzene rings is 3. The third-order valence-corrected chi connectivity index (χ3v) is 5.78. The Morgan fingerprint density at radius 2 is 1.69 bits per heavy atom. The zero-order chi connectivity index (χ0) is 22.8. The second-order valence-corrected chi connectivity index (χ2v) is 7.75. The molecule has 7 heteroatoms. The van der Waals surface area contributed by atoms with E-state index in [1.165, 1.54) is 12.1 Å². The molecule has 0 spiro atoms. The fourth-order valence-corrected chi connectivity index (χ4v) is 4.23. The van der Waals surface area contributed by atoms with Gasteiger partial charge in [0, 0.05) is 17.5 Å². The molecule has 0 radical (unpaired) electrons. The van der Waals surface area contributed by atoms with Crippen molar-refractivity contribution in [3.05, 3.63) is 116 Å². The molecule has 3 aromatic carbocycles. The lowest BCUT2D eigenvalue weighted by molar-refractivity contribution is 0.0693. The fraction of sp³-hybridized carbons (Fsp3) is 0.120. The number of aromatic nitrogens is 1. The molecule has 5 nitrogen and oxygen atoms in total. The van der Waals surface area contributed by atoms with Crippen molar-refractivity contribution in [3.8, 4) is 0 Å². The van der Waals surface area contributed by atoms with E-state index < -0.39 is 28.8 Å². The zero-order valence-corrected chi connectivity index (χ0v) is 17.6. The molecule has 0 aliphatic rings. The van der Waals surface area contributed by atoms with Crippen molar-refractivity contribution >= 4 is 28.5 Å². The first-order chi connectivity index (χ1) is 15.4. The number of aromatic carboxylic acids is 1. The molecule has 1 aromatic heterocycles. The third kappa shape index (κ3) is 3.79. The maximum Gasteiger partial charge on any atom is 0.341 e. The fourth-order valence-electron chi connectivity index (χ4n) is 4.03. The van der Waals surface area contributed by atoms with Gasteiger partial charge in [-0.2, -0.15) is 0 Å². The number of pyridine rings is 1. The predicted octanol–water partition coefficient (Wildman–Crippen LogP) is 4.66.